The van der Waals surface area contributed by atoms with Crippen LogP contribution in [0.1, 0.15) is 30.0 Å². The second kappa shape index (κ2) is 4.37. The average molecular weight is 200 g/mol. The van der Waals surface area contributed by atoms with Crippen molar-refractivity contribution < 1.29 is 14.3 Å². The van der Waals surface area contributed by atoms with Gasteiger partial charge in [-0.25, -0.2) is 4.79 Å². The highest BCUT2D eigenvalue weighted by Crippen LogP contribution is 2.26. The first kappa shape index (κ1) is 10.2. The number of carboxylic acids is 1. The summed E-state index contributed by atoms with van der Waals surface area (Å²) in [6, 6.07) is 1.60. The van der Waals surface area contributed by atoms with Crippen molar-refractivity contribution in [3.05, 3.63) is 17.4 Å². The molecule has 0 radical (unpaired) electrons. The molecule has 0 saturated carbocycles. The normalized spacial score (nSPS) is 10.3. The topological polar surface area (TPSA) is 50.4 Å². The monoisotopic (exact) mass is 200 g/mol. The Morgan fingerprint density at radius 1 is 1.62 bits per heavy atom. The van der Waals surface area contributed by atoms with Gasteiger partial charge in [0.1, 0.15) is 11.3 Å². The maximum atomic E-state index is 10.8. The SMILES string of the molecule is CCSc1oc(CC)cc1C(=O)O. The second-order valence-corrected chi connectivity index (χ2v) is 3.74. The lowest BCUT2D eigenvalue weighted by Gasteiger charge is -1.93. The van der Waals surface area contributed by atoms with Gasteiger partial charge in [-0.2, -0.15) is 0 Å². The molecule has 0 fully saturated rings. The van der Waals surface area contributed by atoms with E-state index in [0.717, 1.165) is 17.9 Å². The molecule has 1 heterocycles. The van der Waals surface area contributed by atoms with Gasteiger partial charge in [-0.05, 0) is 11.8 Å². The number of thioether (sulfide) groups is 1. The number of carboxylic acid groups (broad SMARTS) is 1. The van der Waals surface area contributed by atoms with Crippen LogP contribution in [0.3, 0.4) is 0 Å². The van der Waals surface area contributed by atoms with Gasteiger partial charge >= 0.3 is 5.97 Å². The molecule has 1 aromatic rings. The van der Waals surface area contributed by atoms with Crippen LogP contribution in [0.15, 0.2) is 15.6 Å². The van der Waals surface area contributed by atoms with Crippen molar-refractivity contribution >= 4 is 17.7 Å². The molecule has 1 N–H and O–H groups in total. The smallest absolute Gasteiger partial charge is 0.340 e. The van der Waals surface area contributed by atoms with Crippen LogP contribution in [0.25, 0.3) is 0 Å². The lowest BCUT2D eigenvalue weighted by atomic mass is 10.3. The molecule has 0 bridgehead atoms. The summed E-state index contributed by atoms with van der Waals surface area (Å²) >= 11 is 1.42. The first-order valence-electron chi connectivity index (χ1n) is 4.17. The molecule has 0 atom stereocenters. The summed E-state index contributed by atoms with van der Waals surface area (Å²) in [5.74, 6) is 0.629. The molecule has 0 aromatic carbocycles. The van der Waals surface area contributed by atoms with Gasteiger partial charge in [0.25, 0.3) is 0 Å². The molecule has 13 heavy (non-hydrogen) atoms. The van der Waals surface area contributed by atoms with E-state index in [1.165, 1.54) is 11.8 Å². The van der Waals surface area contributed by atoms with E-state index in [4.69, 9.17) is 9.52 Å². The lowest BCUT2D eigenvalue weighted by molar-refractivity contribution is 0.0690. The molecular weight excluding hydrogens is 188 g/mol. The van der Waals surface area contributed by atoms with Crippen LogP contribution >= 0.6 is 11.8 Å². The Morgan fingerprint density at radius 2 is 2.31 bits per heavy atom. The number of aromatic carboxylic acids is 1. The van der Waals surface area contributed by atoms with Crippen LogP contribution in [0.2, 0.25) is 0 Å². The summed E-state index contributed by atoms with van der Waals surface area (Å²) < 4.78 is 5.35. The van der Waals surface area contributed by atoms with Gasteiger partial charge < -0.3 is 9.52 Å². The Bertz CT molecular complexity index is 304. The van der Waals surface area contributed by atoms with Crippen molar-refractivity contribution in [1.82, 2.24) is 0 Å². The van der Waals surface area contributed by atoms with Crippen molar-refractivity contribution in [2.75, 3.05) is 5.75 Å². The Morgan fingerprint density at radius 3 is 2.77 bits per heavy atom. The molecule has 4 heteroatoms. The zero-order valence-corrected chi connectivity index (χ0v) is 8.48. The number of hydrogen-bond acceptors (Lipinski definition) is 3. The predicted octanol–water partition coefficient (Wildman–Crippen LogP) is 2.65. The van der Waals surface area contributed by atoms with Crippen molar-refractivity contribution in [2.24, 2.45) is 0 Å². The molecule has 0 amide bonds. The van der Waals surface area contributed by atoms with E-state index in [1.807, 2.05) is 13.8 Å². The highest BCUT2D eigenvalue weighted by Gasteiger charge is 2.15. The van der Waals surface area contributed by atoms with E-state index in [-0.39, 0.29) is 5.56 Å². The van der Waals surface area contributed by atoms with E-state index < -0.39 is 5.97 Å². The number of carbonyl (C=O) groups is 1. The molecule has 0 aliphatic heterocycles. The first-order chi connectivity index (χ1) is 6.19. The van der Waals surface area contributed by atoms with Gasteiger partial charge in [-0.15, -0.1) is 0 Å². The van der Waals surface area contributed by atoms with Gasteiger partial charge in [0.15, 0.2) is 5.09 Å². The van der Waals surface area contributed by atoms with Gasteiger partial charge in [-0.3, -0.25) is 0 Å². The lowest BCUT2D eigenvalue weighted by Crippen LogP contribution is -1.94. The zero-order chi connectivity index (χ0) is 9.84. The third kappa shape index (κ3) is 2.28. The summed E-state index contributed by atoms with van der Waals surface area (Å²) in [7, 11) is 0. The molecule has 0 unspecified atom stereocenters. The van der Waals surface area contributed by atoms with Crippen LogP contribution in [-0.4, -0.2) is 16.8 Å². The van der Waals surface area contributed by atoms with Crippen LogP contribution in [0, 0.1) is 0 Å². The third-order valence-corrected chi connectivity index (χ3v) is 2.46. The van der Waals surface area contributed by atoms with E-state index in [2.05, 4.69) is 0 Å². The summed E-state index contributed by atoms with van der Waals surface area (Å²) in [5.41, 5.74) is 0.281. The van der Waals surface area contributed by atoms with Crippen LogP contribution < -0.4 is 0 Å². The standard InChI is InChI=1S/C9H12O3S/c1-3-6-5-7(8(10)11)9(12-6)13-4-2/h5H,3-4H2,1-2H3,(H,10,11). The molecule has 72 valence electrons. The predicted molar refractivity (Wildman–Crippen MR) is 51.4 cm³/mol. The summed E-state index contributed by atoms with van der Waals surface area (Å²) in [4.78, 5) is 10.8. The van der Waals surface area contributed by atoms with Crippen LogP contribution in [-0.2, 0) is 6.42 Å². The fraction of sp³-hybridized carbons (Fsp3) is 0.444. The first-order valence-corrected chi connectivity index (χ1v) is 5.16. The Balaban J connectivity index is 3.00. The van der Waals surface area contributed by atoms with E-state index in [0.29, 0.717) is 5.09 Å². The second-order valence-electron chi connectivity index (χ2n) is 2.51. The number of furan rings is 1. The minimum atomic E-state index is -0.917. The van der Waals surface area contributed by atoms with Crippen molar-refractivity contribution in [1.29, 1.82) is 0 Å². The fourth-order valence-electron chi connectivity index (χ4n) is 0.985. The summed E-state index contributed by atoms with van der Waals surface area (Å²) in [5, 5.41) is 9.35. The van der Waals surface area contributed by atoms with Crippen molar-refractivity contribution in [3.8, 4) is 0 Å². The number of hydrogen-bond donors (Lipinski definition) is 1. The molecule has 1 aromatic heterocycles. The Kier molecular flexibility index (Phi) is 3.42. The zero-order valence-electron chi connectivity index (χ0n) is 7.66. The molecular formula is C9H12O3S. The minimum Gasteiger partial charge on any atom is -0.478 e. The third-order valence-electron chi connectivity index (χ3n) is 1.60. The molecule has 0 spiro atoms. The minimum absolute atomic E-state index is 0.281. The Hall–Kier alpha value is -0.900. The van der Waals surface area contributed by atoms with Crippen molar-refractivity contribution in [2.45, 2.75) is 25.4 Å². The quantitative estimate of drug-likeness (QED) is 0.759. The largest absolute Gasteiger partial charge is 0.478 e. The van der Waals surface area contributed by atoms with E-state index >= 15 is 0 Å². The summed E-state index contributed by atoms with van der Waals surface area (Å²) in [6.07, 6.45) is 0.727. The van der Waals surface area contributed by atoms with Gasteiger partial charge in [0.05, 0.1) is 0 Å². The number of aryl methyl sites for hydroxylation is 1. The highest BCUT2D eigenvalue weighted by molar-refractivity contribution is 7.99. The van der Waals surface area contributed by atoms with Crippen LogP contribution in [0.5, 0.6) is 0 Å². The van der Waals surface area contributed by atoms with Gasteiger partial charge in [-0.1, -0.05) is 25.6 Å². The van der Waals surface area contributed by atoms with Crippen molar-refractivity contribution in [3.63, 3.8) is 0 Å². The van der Waals surface area contributed by atoms with E-state index in [1.54, 1.807) is 6.07 Å². The molecule has 3 nitrogen and oxygen atoms in total. The maximum absolute atomic E-state index is 10.8. The molecule has 0 aliphatic rings. The highest BCUT2D eigenvalue weighted by atomic mass is 32.2. The molecule has 0 saturated heterocycles. The molecule has 1 rings (SSSR count). The maximum Gasteiger partial charge on any atom is 0.340 e. The van der Waals surface area contributed by atoms with Gasteiger partial charge in [0, 0.05) is 6.42 Å². The average Bonchev–Trinajstić information content (AvgIpc) is 2.48. The Labute approximate surface area is 81.1 Å². The number of rotatable bonds is 4. The molecule has 0 aliphatic carbocycles. The van der Waals surface area contributed by atoms with Crippen LogP contribution in [0.4, 0.5) is 0 Å². The fourth-order valence-corrected chi connectivity index (χ4v) is 1.71. The van der Waals surface area contributed by atoms with E-state index in [9.17, 15) is 4.79 Å². The van der Waals surface area contributed by atoms with Gasteiger partial charge in [0.2, 0.25) is 0 Å². The summed E-state index contributed by atoms with van der Waals surface area (Å²) in [6.45, 7) is 3.90.